The monoisotopic (exact) mass is 210 g/mol. The minimum Gasteiger partial charge on any atom is -0.437 e. The second kappa shape index (κ2) is 4.35. The second-order valence-corrected chi connectivity index (χ2v) is 3.87. The van der Waals surface area contributed by atoms with Crippen molar-refractivity contribution >= 4 is 16.1 Å². The highest BCUT2D eigenvalue weighted by Gasteiger charge is 2.26. The molecule has 0 heterocycles. The molecule has 76 valence electrons. The Kier molecular flexibility index (Phi) is 4.05. The van der Waals surface area contributed by atoms with E-state index in [1.807, 2.05) is 0 Å². The molecule has 0 aromatic heterocycles. The fourth-order valence-corrected chi connectivity index (χ4v) is 0.810. The van der Waals surface area contributed by atoms with Gasteiger partial charge in [-0.15, -0.1) is 0 Å². The minimum absolute atomic E-state index is 0.0258. The number of ether oxygens (including phenoxy) is 1. The van der Waals surface area contributed by atoms with Crippen molar-refractivity contribution in [1.82, 2.24) is 0 Å². The third-order valence-electron chi connectivity index (χ3n) is 1.07. The second-order valence-electron chi connectivity index (χ2n) is 2.31. The van der Waals surface area contributed by atoms with E-state index in [4.69, 9.17) is 9.66 Å². The van der Waals surface area contributed by atoms with Crippen LogP contribution in [0.4, 0.5) is 0 Å². The predicted molar refractivity (Wildman–Crippen MR) is 43.3 cm³/mol. The largest absolute Gasteiger partial charge is 0.437 e. The van der Waals surface area contributed by atoms with Gasteiger partial charge in [0, 0.05) is 5.57 Å². The quantitative estimate of drug-likeness (QED) is 0.362. The zero-order valence-electron chi connectivity index (χ0n) is 6.93. The molecule has 0 saturated heterocycles. The highest BCUT2D eigenvalue weighted by atomic mass is 32.2. The van der Waals surface area contributed by atoms with E-state index < -0.39 is 28.1 Å². The van der Waals surface area contributed by atoms with Crippen molar-refractivity contribution in [2.24, 2.45) is 0 Å². The number of hydrogen-bond donors (Lipinski definition) is 2. The number of carbonyl (C=O) groups is 1. The van der Waals surface area contributed by atoms with E-state index in [2.05, 4.69) is 11.3 Å². The van der Waals surface area contributed by atoms with Crippen molar-refractivity contribution in [1.29, 1.82) is 0 Å². The summed E-state index contributed by atoms with van der Waals surface area (Å²) in [4.78, 5) is 10.8. The van der Waals surface area contributed by atoms with Crippen LogP contribution in [0.1, 0.15) is 6.92 Å². The Morgan fingerprint density at radius 1 is 1.62 bits per heavy atom. The molecule has 0 aromatic carbocycles. The first-order chi connectivity index (χ1) is 5.79. The first kappa shape index (κ1) is 12.1. The first-order valence-electron chi connectivity index (χ1n) is 3.22. The van der Waals surface area contributed by atoms with Gasteiger partial charge in [-0.3, -0.25) is 4.55 Å². The Balaban J connectivity index is 4.49. The molecule has 0 spiro atoms. The maximum atomic E-state index is 10.8. The summed E-state index contributed by atoms with van der Waals surface area (Å²) in [6.07, 6.45) is 0. The Labute approximate surface area is 75.6 Å². The molecule has 0 rings (SSSR count). The molecule has 1 atom stereocenters. The summed E-state index contributed by atoms with van der Waals surface area (Å²) in [7, 11) is -4.58. The molecule has 7 heteroatoms. The van der Waals surface area contributed by atoms with Gasteiger partial charge in [-0.25, -0.2) is 4.79 Å². The molecule has 0 saturated carbocycles. The number of carbonyl (C=O) groups excluding carboxylic acids is 1. The van der Waals surface area contributed by atoms with Crippen LogP contribution in [-0.4, -0.2) is 36.1 Å². The molecular weight excluding hydrogens is 200 g/mol. The molecule has 0 bridgehead atoms. The lowest BCUT2D eigenvalue weighted by Gasteiger charge is -2.11. The lowest BCUT2D eigenvalue weighted by Crippen LogP contribution is -2.30. The van der Waals surface area contributed by atoms with Crippen LogP contribution in [0, 0.1) is 0 Å². The van der Waals surface area contributed by atoms with Crippen molar-refractivity contribution < 1.29 is 27.6 Å². The summed E-state index contributed by atoms with van der Waals surface area (Å²) in [5.74, 6) is -0.989. The van der Waals surface area contributed by atoms with Crippen LogP contribution in [0.15, 0.2) is 12.2 Å². The highest BCUT2D eigenvalue weighted by Crippen LogP contribution is 2.03. The lowest BCUT2D eigenvalue weighted by molar-refractivity contribution is -0.142. The number of rotatable bonds is 4. The molecule has 0 fully saturated rings. The van der Waals surface area contributed by atoms with E-state index in [0.717, 1.165) is 0 Å². The fraction of sp³-hybridized carbons (Fsp3) is 0.500. The third kappa shape index (κ3) is 4.02. The van der Waals surface area contributed by atoms with Gasteiger partial charge < -0.3 is 9.84 Å². The van der Waals surface area contributed by atoms with Gasteiger partial charge in [-0.1, -0.05) is 6.58 Å². The molecule has 0 amide bonds. The zero-order valence-corrected chi connectivity index (χ0v) is 7.74. The molecule has 0 aliphatic carbocycles. The van der Waals surface area contributed by atoms with Crippen LogP contribution in [0.25, 0.3) is 0 Å². The molecule has 0 aromatic rings. The fourth-order valence-electron chi connectivity index (χ4n) is 0.412. The summed E-state index contributed by atoms with van der Waals surface area (Å²) < 4.78 is 33.4. The van der Waals surface area contributed by atoms with Gasteiger partial charge in [0.15, 0.2) is 0 Å². The molecule has 0 radical (unpaired) electrons. The molecule has 13 heavy (non-hydrogen) atoms. The molecule has 0 aliphatic rings. The first-order valence-corrected chi connectivity index (χ1v) is 4.73. The number of esters is 1. The molecule has 2 N–H and O–H groups in total. The van der Waals surface area contributed by atoms with Crippen molar-refractivity contribution in [3.8, 4) is 0 Å². The standard InChI is InChI=1S/C6H10O6S/c1-4(2)6(8)12-5(3-7)13(9,10)11/h5,7H,1,3H2,2H3,(H,9,10,11). The van der Waals surface area contributed by atoms with Crippen molar-refractivity contribution in [2.45, 2.75) is 12.4 Å². The van der Waals surface area contributed by atoms with E-state index in [9.17, 15) is 13.2 Å². The Morgan fingerprint density at radius 3 is 2.31 bits per heavy atom. The maximum absolute atomic E-state index is 10.8. The smallest absolute Gasteiger partial charge is 0.334 e. The van der Waals surface area contributed by atoms with Crippen LogP contribution >= 0.6 is 0 Å². The van der Waals surface area contributed by atoms with E-state index in [1.54, 1.807) is 0 Å². The average molecular weight is 210 g/mol. The Bertz CT molecular complexity index is 303. The van der Waals surface area contributed by atoms with Crippen LogP contribution in [-0.2, 0) is 19.6 Å². The SMILES string of the molecule is C=C(C)C(=O)OC(CO)S(=O)(=O)O. The van der Waals surface area contributed by atoms with Gasteiger partial charge in [-0.2, -0.15) is 8.42 Å². The van der Waals surface area contributed by atoms with Crippen LogP contribution in [0.5, 0.6) is 0 Å². The lowest BCUT2D eigenvalue weighted by atomic mass is 10.4. The molecular formula is C6H10O6S. The van der Waals surface area contributed by atoms with Crippen LogP contribution in [0.2, 0.25) is 0 Å². The van der Waals surface area contributed by atoms with Gasteiger partial charge in [-0.05, 0) is 6.92 Å². The predicted octanol–water partition coefficient (Wildman–Crippen LogP) is -0.688. The Hall–Kier alpha value is -0.920. The molecule has 1 unspecified atom stereocenters. The minimum atomic E-state index is -4.58. The van der Waals surface area contributed by atoms with Crippen molar-refractivity contribution in [3.63, 3.8) is 0 Å². The zero-order chi connectivity index (χ0) is 10.6. The summed E-state index contributed by atoms with van der Waals surface area (Å²) in [6, 6.07) is 0. The van der Waals surface area contributed by atoms with E-state index >= 15 is 0 Å². The topological polar surface area (TPSA) is 101 Å². The molecule has 0 aliphatic heterocycles. The Morgan fingerprint density at radius 2 is 2.08 bits per heavy atom. The number of aliphatic hydroxyl groups is 1. The maximum Gasteiger partial charge on any atom is 0.334 e. The summed E-state index contributed by atoms with van der Waals surface area (Å²) in [6.45, 7) is 3.50. The van der Waals surface area contributed by atoms with Crippen LogP contribution < -0.4 is 0 Å². The van der Waals surface area contributed by atoms with Crippen molar-refractivity contribution in [3.05, 3.63) is 12.2 Å². The van der Waals surface area contributed by atoms with Gasteiger partial charge in [0.1, 0.15) is 0 Å². The number of hydrogen-bond acceptors (Lipinski definition) is 5. The van der Waals surface area contributed by atoms with E-state index in [1.165, 1.54) is 6.92 Å². The van der Waals surface area contributed by atoms with Gasteiger partial charge in [0.2, 0.25) is 5.44 Å². The highest BCUT2D eigenvalue weighted by molar-refractivity contribution is 7.86. The van der Waals surface area contributed by atoms with Crippen LogP contribution in [0.3, 0.4) is 0 Å². The number of aliphatic hydroxyl groups excluding tert-OH is 1. The van der Waals surface area contributed by atoms with Gasteiger partial charge >= 0.3 is 16.1 Å². The van der Waals surface area contributed by atoms with Gasteiger partial charge in [0.25, 0.3) is 0 Å². The summed E-state index contributed by atoms with van der Waals surface area (Å²) in [5.41, 5.74) is -1.97. The summed E-state index contributed by atoms with van der Waals surface area (Å²) >= 11 is 0. The van der Waals surface area contributed by atoms with Crippen molar-refractivity contribution in [2.75, 3.05) is 6.61 Å². The third-order valence-corrected chi connectivity index (χ3v) is 1.98. The average Bonchev–Trinajstić information content (AvgIpc) is 1.96. The normalized spacial score (nSPS) is 13.5. The van der Waals surface area contributed by atoms with E-state index in [-0.39, 0.29) is 5.57 Å². The molecule has 6 nitrogen and oxygen atoms in total. The van der Waals surface area contributed by atoms with Gasteiger partial charge in [0.05, 0.1) is 6.61 Å². The van der Waals surface area contributed by atoms with E-state index in [0.29, 0.717) is 0 Å². The summed E-state index contributed by atoms with van der Waals surface area (Å²) in [5, 5.41) is 8.45.